The molecule has 0 aromatic rings. The van der Waals surface area contributed by atoms with Gasteiger partial charge in [0.2, 0.25) is 0 Å². The molecular weight excluding hydrogens is 174 g/mol. The molecule has 2 fully saturated rings. The average Bonchev–Trinajstić information content (AvgIpc) is 2.29. The maximum absolute atomic E-state index is 6.10. The van der Waals surface area contributed by atoms with E-state index in [9.17, 15) is 0 Å². The Morgan fingerprint density at radius 1 is 0.929 bits per heavy atom. The number of hydrogen-bond donors (Lipinski definition) is 1. The van der Waals surface area contributed by atoms with Gasteiger partial charge in [0.1, 0.15) is 0 Å². The van der Waals surface area contributed by atoms with E-state index in [0.717, 1.165) is 18.9 Å². The predicted molar refractivity (Wildman–Crippen MR) is 58.1 cm³/mol. The third kappa shape index (κ3) is 2.71. The monoisotopic (exact) mass is 197 g/mol. The van der Waals surface area contributed by atoms with Gasteiger partial charge in [-0.15, -0.1) is 0 Å². The first-order valence-electron chi connectivity index (χ1n) is 6.23. The van der Waals surface area contributed by atoms with Gasteiger partial charge in [-0.25, -0.2) is 0 Å². The molecule has 0 radical (unpaired) electrons. The third-order valence-corrected chi connectivity index (χ3v) is 3.77. The largest absolute Gasteiger partial charge is 0.376 e. The summed E-state index contributed by atoms with van der Waals surface area (Å²) in [6, 6.07) is 0.303. The first-order chi connectivity index (χ1) is 6.86. The molecule has 0 aliphatic heterocycles. The number of rotatable bonds is 3. The Balaban J connectivity index is 1.70. The second-order valence-electron chi connectivity index (χ2n) is 4.97. The first kappa shape index (κ1) is 10.4. The van der Waals surface area contributed by atoms with E-state index in [4.69, 9.17) is 10.5 Å². The van der Waals surface area contributed by atoms with Crippen LogP contribution < -0.4 is 5.73 Å². The lowest BCUT2D eigenvalue weighted by molar-refractivity contribution is -0.00551. The topological polar surface area (TPSA) is 35.2 Å². The van der Waals surface area contributed by atoms with Crippen molar-refractivity contribution in [2.45, 2.75) is 63.5 Å². The lowest BCUT2D eigenvalue weighted by atomic mass is 9.86. The molecule has 2 aliphatic rings. The number of ether oxygens (including phenoxy) is 1. The molecule has 2 rings (SSSR count). The quantitative estimate of drug-likeness (QED) is 0.705. The van der Waals surface area contributed by atoms with Gasteiger partial charge in [-0.2, -0.15) is 0 Å². The smallest absolute Gasteiger partial charge is 0.0726 e. The Bertz CT molecular complexity index is 168. The van der Waals surface area contributed by atoms with Crippen LogP contribution in [-0.2, 0) is 4.74 Å². The van der Waals surface area contributed by atoms with E-state index in [0.29, 0.717) is 12.1 Å². The molecule has 2 unspecified atom stereocenters. The molecule has 0 aromatic carbocycles. The van der Waals surface area contributed by atoms with Gasteiger partial charge in [-0.3, -0.25) is 0 Å². The Kier molecular flexibility index (Phi) is 3.82. The van der Waals surface area contributed by atoms with E-state index in [2.05, 4.69) is 0 Å². The fraction of sp³-hybridized carbons (Fsp3) is 1.00. The van der Waals surface area contributed by atoms with Crippen molar-refractivity contribution in [1.29, 1.82) is 0 Å². The van der Waals surface area contributed by atoms with Crippen molar-refractivity contribution in [2.24, 2.45) is 11.7 Å². The summed E-state index contributed by atoms with van der Waals surface area (Å²) < 4.78 is 5.95. The van der Waals surface area contributed by atoms with Crippen molar-refractivity contribution >= 4 is 0 Å². The molecule has 2 nitrogen and oxygen atoms in total. The fourth-order valence-electron chi connectivity index (χ4n) is 2.43. The summed E-state index contributed by atoms with van der Waals surface area (Å²) in [4.78, 5) is 0. The molecule has 0 saturated heterocycles. The van der Waals surface area contributed by atoms with E-state index < -0.39 is 0 Å². The Hall–Kier alpha value is -0.0800. The zero-order valence-corrected chi connectivity index (χ0v) is 9.08. The highest BCUT2D eigenvalue weighted by atomic mass is 16.5. The number of nitrogens with two attached hydrogens (primary N) is 1. The maximum atomic E-state index is 6.10. The summed E-state index contributed by atoms with van der Waals surface area (Å²) in [5.41, 5.74) is 6.10. The average molecular weight is 197 g/mol. The summed E-state index contributed by atoms with van der Waals surface area (Å²) >= 11 is 0. The van der Waals surface area contributed by atoms with Crippen molar-refractivity contribution in [3.63, 3.8) is 0 Å². The van der Waals surface area contributed by atoms with E-state index in [-0.39, 0.29) is 0 Å². The second kappa shape index (κ2) is 5.13. The van der Waals surface area contributed by atoms with Gasteiger partial charge in [-0.05, 0) is 31.6 Å². The van der Waals surface area contributed by atoms with Crippen LogP contribution in [0.1, 0.15) is 51.4 Å². The highest BCUT2D eigenvalue weighted by Crippen LogP contribution is 2.28. The Labute approximate surface area is 87.2 Å². The summed E-state index contributed by atoms with van der Waals surface area (Å²) in [7, 11) is 0. The Morgan fingerprint density at radius 2 is 1.71 bits per heavy atom. The standard InChI is InChI=1S/C12H23NO/c13-11-7-2-1-3-8-12(11)14-9-10-5-4-6-10/h10-12H,1-9,13H2. The van der Waals surface area contributed by atoms with Gasteiger partial charge in [0, 0.05) is 12.6 Å². The SMILES string of the molecule is NC1CCCCCC1OCC1CCC1. The summed E-state index contributed by atoms with van der Waals surface area (Å²) in [6.45, 7) is 0.971. The zero-order valence-electron chi connectivity index (χ0n) is 9.08. The minimum atomic E-state index is 0.303. The van der Waals surface area contributed by atoms with Crippen LogP contribution in [0.5, 0.6) is 0 Å². The summed E-state index contributed by atoms with van der Waals surface area (Å²) in [6.07, 6.45) is 10.8. The van der Waals surface area contributed by atoms with Gasteiger partial charge < -0.3 is 10.5 Å². The minimum absolute atomic E-state index is 0.303. The lowest BCUT2D eigenvalue weighted by Crippen LogP contribution is -2.37. The molecule has 0 bridgehead atoms. The highest BCUT2D eigenvalue weighted by Gasteiger charge is 2.24. The normalized spacial score (nSPS) is 34.9. The predicted octanol–water partition coefficient (Wildman–Crippen LogP) is 2.46. The summed E-state index contributed by atoms with van der Waals surface area (Å²) in [5, 5.41) is 0. The maximum Gasteiger partial charge on any atom is 0.0726 e. The minimum Gasteiger partial charge on any atom is -0.376 e. The fourth-order valence-corrected chi connectivity index (χ4v) is 2.43. The van der Waals surface area contributed by atoms with Gasteiger partial charge in [0.05, 0.1) is 6.10 Å². The molecule has 2 saturated carbocycles. The second-order valence-corrected chi connectivity index (χ2v) is 4.97. The van der Waals surface area contributed by atoms with E-state index in [1.165, 1.54) is 44.9 Å². The molecular formula is C12H23NO. The molecule has 0 heterocycles. The molecule has 0 amide bonds. The molecule has 0 aromatic heterocycles. The molecule has 2 aliphatic carbocycles. The van der Waals surface area contributed by atoms with Crippen LogP contribution in [0.15, 0.2) is 0 Å². The Morgan fingerprint density at radius 3 is 2.43 bits per heavy atom. The van der Waals surface area contributed by atoms with Crippen LogP contribution in [0.4, 0.5) is 0 Å². The van der Waals surface area contributed by atoms with Gasteiger partial charge in [0.15, 0.2) is 0 Å². The van der Waals surface area contributed by atoms with Gasteiger partial charge in [0.25, 0.3) is 0 Å². The molecule has 82 valence electrons. The van der Waals surface area contributed by atoms with E-state index in [1.54, 1.807) is 0 Å². The summed E-state index contributed by atoms with van der Waals surface area (Å²) in [5.74, 6) is 0.852. The molecule has 0 spiro atoms. The molecule has 2 atom stereocenters. The van der Waals surface area contributed by atoms with Crippen LogP contribution in [0, 0.1) is 5.92 Å². The molecule has 2 N–H and O–H groups in total. The van der Waals surface area contributed by atoms with Crippen molar-refractivity contribution in [2.75, 3.05) is 6.61 Å². The van der Waals surface area contributed by atoms with Crippen molar-refractivity contribution in [1.82, 2.24) is 0 Å². The van der Waals surface area contributed by atoms with Gasteiger partial charge in [-0.1, -0.05) is 25.7 Å². The molecule has 14 heavy (non-hydrogen) atoms. The van der Waals surface area contributed by atoms with Crippen LogP contribution >= 0.6 is 0 Å². The highest BCUT2D eigenvalue weighted by molar-refractivity contribution is 4.78. The lowest BCUT2D eigenvalue weighted by Gasteiger charge is -2.29. The van der Waals surface area contributed by atoms with Crippen LogP contribution in [-0.4, -0.2) is 18.8 Å². The third-order valence-electron chi connectivity index (χ3n) is 3.77. The van der Waals surface area contributed by atoms with Crippen LogP contribution in [0.25, 0.3) is 0 Å². The van der Waals surface area contributed by atoms with Crippen LogP contribution in [0.3, 0.4) is 0 Å². The van der Waals surface area contributed by atoms with Crippen molar-refractivity contribution in [3.05, 3.63) is 0 Å². The number of hydrogen-bond acceptors (Lipinski definition) is 2. The van der Waals surface area contributed by atoms with E-state index in [1.807, 2.05) is 0 Å². The van der Waals surface area contributed by atoms with Gasteiger partial charge >= 0.3 is 0 Å². The zero-order chi connectivity index (χ0) is 9.80. The first-order valence-corrected chi connectivity index (χ1v) is 6.23. The molecule has 2 heteroatoms. The van der Waals surface area contributed by atoms with Crippen LogP contribution in [0.2, 0.25) is 0 Å². The van der Waals surface area contributed by atoms with Crippen molar-refractivity contribution < 1.29 is 4.74 Å². The van der Waals surface area contributed by atoms with E-state index >= 15 is 0 Å². The van der Waals surface area contributed by atoms with Crippen molar-refractivity contribution in [3.8, 4) is 0 Å².